The minimum absolute atomic E-state index is 0.0989. The molecule has 0 unspecified atom stereocenters. The molecule has 4 heteroatoms. The molecule has 0 saturated carbocycles. The van der Waals surface area contributed by atoms with E-state index in [1.54, 1.807) is 6.92 Å². The zero-order chi connectivity index (χ0) is 13.5. The molecule has 18 heavy (non-hydrogen) atoms. The first-order valence-corrected chi connectivity index (χ1v) is 5.68. The molecular weight excluding hydrogens is 230 g/mol. The van der Waals surface area contributed by atoms with Crippen molar-refractivity contribution in [3.63, 3.8) is 0 Å². The van der Waals surface area contributed by atoms with E-state index in [1.807, 2.05) is 24.3 Å². The van der Waals surface area contributed by atoms with Crippen LogP contribution < -0.4 is 5.32 Å². The lowest BCUT2D eigenvalue weighted by molar-refractivity contribution is -0.138. The molecule has 0 aliphatic heterocycles. The van der Waals surface area contributed by atoms with Gasteiger partial charge in [0.25, 0.3) is 0 Å². The van der Waals surface area contributed by atoms with Gasteiger partial charge in [-0.3, -0.25) is 4.79 Å². The largest absolute Gasteiger partial charge is 0.462 e. The summed E-state index contributed by atoms with van der Waals surface area (Å²) in [7, 11) is 0. The van der Waals surface area contributed by atoms with Crippen LogP contribution in [0.1, 0.15) is 19.4 Å². The van der Waals surface area contributed by atoms with E-state index in [4.69, 9.17) is 4.74 Å². The van der Waals surface area contributed by atoms with Crippen molar-refractivity contribution in [2.75, 3.05) is 11.9 Å². The number of anilines is 1. The van der Waals surface area contributed by atoms with Crippen LogP contribution in [0.2, 0.25) is 0 Å². The third-order valence-corrected chi connectivity index (χ3v) is 2.25. The van der Waals surface area contributed by atoms with E-state index in [9.17, 15) is 9.59 Å². The maximum atomic E-state index is 11.1. The first-order chi connectivity index (χ1) is 8.49. The summed E-state index contributed by atoms with van der Waals surface area (Å²) in [6.45, 7) is 6.91. The van der Waals surface area contributed by atoms with E-state index in [0.717, 1.165) is 11.3 Å². The predicted octanol–water partition coefficient (Wildman–Crippen LogP) is 2.31. The Balaban J connectivity index is 2.42. The molecule has 1 amide bonds. The Hall–Kier alpha value is -2.10. The van der Waals surface area contributed by atoms with Crippen LogP contribution in [0.3, 0.4) is 0 Å². The average molecular weight is 247 g/mol. The van der Waals surface area contributed by atoms with Gasteiger partial charge in [-0.25, -0.2) is 4.79 Å². The summed E-state index contributed by atoms with van der Waals surface area (Å²) in [5, 5.41) is 2.69. The van der Waals surface area contributed by atoms with E-state index < -0.39 is 0 Å². The summed E-state index contributed by atoms with van der Waals surface area (Å²) in [5.41, 5.74) is 2.19. The fraction of sp³-hybridized carbons (Fsp3) is 0.286. The van der Waals surface area contributed by atoms with Crippen molar-refractivity contribution in [1.29, 1.82) is 0 Å². The minimum Gasteiger partial charge on any atom is -0.462 e. The normalized spacial score (nSPS) is 9.67. The number of carbonyl (C=O) groups is 2. The molecule has 0 aromatic heterocycles. The lowest BCUT2D eigenvalue weighted by Crippen LogP contribution is -2.08. The van der Waals surface area contributed by atoms with Gasteiger partial charge in [0.1, 0.15) is 0 Å². The highest BCUT2D eigenvalue weighted by molar-refractivity contribution is 5.88. The molecule has 1 aromatic rings. The summed E-state index contributed by atoms with van der Waals surface area (Å²) in [5.74, 6) is -0.469. The van der Waals surface area contributed by atoms with Crippen LogP contribution >= 0.6 is 0 Å². The molecular formula is C14H17NO3. The van der Waals surface area contributed by atoms with Gasteiger partial charge in [0.05, 0.1) is 6.61 Å². The molecule has 0 aliphatic rings. The average Bonchev–Trinajstić information content (AvgIpc) is 2.30. The lowest BCUT2D eigenvalue weighted by atomic mass is 10.1. The van der Waals surface area contributed by atoms with Crippen molar-refractivity contribution >= 4 is 17.6 Å². The topological polar surface area (TPSA) is 55.4 Å². The van der Waals surface area contributed by atoms with E-state index in [1.165, 1.54) is 6.92 Å². The van der Waals surface area contributed by atoms with Gasteiger partial charge >= 0.3 is 5.97 Å². The zero-order valence-electron chi connectivity index (χ0n) is 10.7. The lowest BCUT2D eigenvalue weighted by Gasteiger charge is -2.06. The molecule has 1 aromatic carbocycles. The molecule has 0 atom stereocenters. The monoisotopic (exact) mass is 247 g/mol. The summed E-state index contributed by atoms with van der Waals surface area (Å²) < 4.78 is 4.99. The van der Waals surface area contributed by atoms with Crippen molar-refractivity contribution in [3.05, 3.63) is 42.0 Å². The molecule has 0 spiro atoms. The summed E-state index contributed by atoms with van der Waals surface area (Å²) >= 11 is 0. The number of rotatable bonds is 5. The van der Waals surface area contributed by atoms with Gasteiger partial charge in [-0.2, -0.15) is 0 Å². The minimum atomic E-state index is -0.370. The molecule has 0 aliphatic carbocycles. The molecule has 0 radical (unpaired) electrons. The van der Waals surface area contributed by atoms with Gasteiger partial charge in [0.2, 0.25) is 5.91 Å². The van der Waals surface area contributed by atoms with Crippen LogP contribution in [-0.4, -0.2) is 18.5 Å². The summed E-state index contributed by atoms with van der Waals surface area (Å²) in [4.78, 5) is 22.0. The van der Waals surface area contributed by atoms with Gasteiger partial charge in [0, 0.05) is 24.6 Å². The van der Waals surface area contributed by atoms with Crippen LogP contribution in [0.15, 0.2) is 36.4 Å². The van der Waals surface area contributed by atoms with Crippen molar-refractivity contribution in [1.82, 2.24) is 0 Å². The zero-order valence-corrected chi connectivity index (χ0v) is 10.7. The van der Waals surface area contributed by atoms with Gasteiger partial charge < -0.3 is 10.1 Å². The maximum absolute atomic E-state index is 11.1. The standard InChI is InChI=1S/C14H17NO3/c1-10(2)14(17)18-9-8-12-4-6-13(7-5-12)15-11(3)16/h4-7H,1,8-9H2,2-3H3,(H,15,16). The van der Waals surface area contributed by atoms with Crippen molar-refractivity contribution in [3.8, 4) is 0 Å². The van der Waals surface area contributed by atoms with E-state index >= 15 is 0 Å². The Morgan fingerprint density at radius 1 is 1.22 bits per heavy atom. The Bertz CT molecular complexity index is 449. The first-order valence-electron chi connectivity index (χ1n) is 5.68. The van der Waals surface area contributed by atoms with Crippen LogP contribution in [0.5, 0.6) is 0 Å². The molecule has 0 heterocycles. The fourth-order valence-corrected chi connectivity index (χ4v) is 1.34. The molecule has 0 saturated heterocycles. The molecule has 1 N–H and O–H groups in total. The highest BCUT2D eigenvalue weighted by Crippen LogP contribution is 2.10. The molecule has 0 bridgehead atoms. The van der Waals surface area contributed by atoms with Crippen LogP contribution in [0.4, 0.5) is 5.69 Å². The Morgan fingerprint density at radius 2 is 1.83 bits per heavy atom. The van der Waals surface area contributed by atoms with E-state index in [-0.39, 0.29) is 11.9 Å². The molecule has 4 nitrogen and oxygen atoms in total. The van der Waals surface area contributed by atoms with Crippen molar-refractivity contribution < 1.29 is 14.3 Å². The molecule has 0 fully saturated rings. The van der Waals surface area contributed by atoms with Crippen LogP contribution in [0.25, 0.3) is 0 Å². The number of esters is 1. The Labute approximate surface area is 107 Å². The number of nitrogens with one attached hydrogen (secondary N) is 1. The van der Waals surface area contributed by atoms with Gasteiger partial charge in [0.15, 0.2) is 0 Å². The third kappa shape index (κ3) is 4.82. The second-order valence-corrected chi connectivity index (χ2v) is 4.04. The third-order valence-electron chi connectivity index (χ3n) is 2.25. The van der Waals surface area contributed by atoms with Crippen LogP contribution in [0, 0.1) is 0 Å². The highest BCUT2D eigenvalue weighted by atomic mass is 16.5. The van der Waals surface area contributed by atoms with E-state index in [2.05, 4.69) is 11.9 Å². The number of ether oxygens (including phenoxy) is 1. The number of hydrogen-bond donors (Lipinski definition) is 1. The van der Waals surface area contributed by atoms with Crippen molar-refractivity contribution in [2.24, 2.45) is 0 Å². The maximum Gasteiger partial charge on any atom is 0.333 e. The number of hydrogen-bond acceptors (Lipinski definition) is 3. The fourth-order valence-electron chi connectivity index (χ4n) is 1.34. The number of carbonyl (C=O) groups excluding carboxylic acids is 2. The van der Waals surface area contributed by atoms with E-state index in [0.29, 0.717) is 18.6 Å². The quantitative estimate of drug-likeness (QED) is 0.641. The first kappa shape index (κ1) is 14.0. The second-order valence-electron chi connectivity index (χ2n) is 4.04. The highest BCUT2D eigenvalue weighted by Gasteiger charge is 2.03. The molecule has 96 valence electrons. The number of amides is 1. The molecule has 1 rings (SSSR count). The predicted molar refractivity (Wildman–Crippen MR) is 70.2 cm³/mol. The van der Waals surface area contributed by atoms with Crippen molar-refractivity contribution in [2.45, 2.75) is 20.3 Å². The van der Waals surface area contributed by atoms with Gasteiger partial charge in [-0.05, 0) is 24.6 Å². The second kappa shape index (κ2) is 6.59. The Morgan fingerprint density at radius 3 is 2.33 bits per heavy atom. The number of benzene rings is 1. The smallest absolute Gasteiger partial charge is 0.333 e. The summed E-state index contributed by atoms with van der Waals surface area (Å²) in [6, 6.07) is 7.41. The summed E-state index contributed by atoms with van der Waals surface area (Å²) in [6.07, 6.45) is 0.638. The SMILES string of the molecule is C=C(C)C(=O)OCCc1ccc(NC(C)=O)cc1. The van der Waals surface area contributed by atoms with Gasteiger partial charge in [-0.15, -0.1) is 0 Å². The Kier molecular flexibility index (Phi) is 5.11. The van der Waals surface area contributed by atoms with Gasteiger partial charge in [-0.1, -0.05) is 18.7 Å². The van der Waals surface area contributed by atoms with Crippen LogP contribution in [-0.2, 0) is 20.7 Å².